The van der Waals surface area contributed by atoms with Crippen LogP contribution in [0.15, 0.2) is 77.1 Å². The van der Waals surface area contributed by atoms with Gasteiger partial charge < -0.3 is 15.2 Å². The first-order chi connectivity index (χ1) is 28.2. The van der Waals surface area contributed by atoms with E-state index in [1.54, 1.807) is 11.3 Å². The standard InChI is InChI=1S/C47H52ClN7OS2/c1-6-54-40-20-13-33(24-38(40)37-19-16-35(25-41(37)54)42-23-29(2)28-57-42)27-49-21-11-9-7-8-10-12-22-50-43(56)26-39-46-53-52-32(5)55(46)47-44(30(3)31(4)58-47)45(51-39)34-14-17-36(48)18-15-34/h13-20,23-25,28,39,49H,6-12,21-22,26-27H2,1-5H3,(H,50,56)/t39-/m0/s1. The number of aromatic nitrogens is 4. The van der Waals surface area contributed by atoms with Crippen molar-refractivity contribution in [3.63, 3.8) is 0 Å². The summed E-state index contributed by atoms with van der Waals surface area (Å²) in [6.07, 6.45) is 7.01. The van der Waals surface area contributed by atoms with E-state index in [-0.39, 0.29) is 12.3 Å². The first-order valence-corrected chi connectivity index (χ1v) is 22.7. The molecule has 0 radical (unpaired) electrons. The fraction of sp³-hybridized carbons (Fsp3) is 0.362. The van der Waals surface area contributed by atoms with Gasteiger partial charge in [0, 0.05) is 67.3 Å². The Bertz CT molecular complexity index is 2610. The first kappa shape index (κ1) is 40.2. The number of benzene rings is 3. The molecule has 0 aliphatic carbocycles. The molecule has 0 saturated carbocycles. The van der Waals surface area contributed by atoms with Gasteiger partial charge in [-0.1, -0.05) is 67.6 Å². The van der Waals surface area contributed by atoms with Gasteiger partial charge in [0.05, 0.1) is 12.1 Å². The summed E-state index contributed by atoms with van der Waals surface area (Å²) in [6.45, 7) is 14.1. The van der Waals surface area contributed by atoms with Crippen molar-refractivity contribution in [1.29, 1.82) is 0 Å². The first-order valence-electron chi connectivity index (χ1n) is 20.6. The van der Waals surface area contributed by atoms with Gasteiger partial charge in [-0.2, -0.15) is 0 Å². The van der Waals surface area contributed by atoms with Crippen LogP contribution >= 0.6 is 34.3 Å². The van der Waals surface area contributed by atoms with Crippen LogP contribution in [0.2, 0.25) is 5.02 Å². The molecule has 0 spiro atoms. The second-order valence-corrected chi connectivity index (χ2v) is 18.1. The number of carbonyl (C=O) groups excluding carboxylic acids is 1. The summed E-state index contributed by atoms with van der Waals surface area (Å²) in [4.78, 5) is 21.1. The monoisotopic (exact) mass is 829 g/mol. The second-order valence-electron chi connectivity index (χ2n) is 15.6. The maximum absolute atomic E-state index is 13.3. The third-order valence-electron chi connectivity index (χ3n) is 11.4. The van der Waals surface area contributed by atoms with Crippen molar-refractivity contribution in [2.45, 2.75) is 98.7 Å². The highest BCUT2D eigenvalue weighted by atomic mass is 35.5. The lowest BCUT2D eigenvalue weighted by Crippen LogP contribution is -2.26. The Hall–Kier alpha value is -4.61. The predicted octanol–water partition coefficient (Wildman–Crippen LogP) is 11.6. The molecule has 3 aromatic carbocycles. The van der Waals surface area contributed by atoms with Crippen molar-refractivity contribution in [3.8, 4) is 15.4 Å². The Morgan fingerprint density at radius 3 is 2.34 bits per heavy atom. The lowest BCUT2D eigenvalue weighted by molar-refractivity contribution is -0.121. The Balaban J connectivity index is 0.778. The molecule has 1 amide bonds. The van der Waals surface area contributed by atoms with Crippen molar-refractivity contribution < 1.29 is 4.79 Å². The summed E-state index contributed by atoms with van der Waals surface area (Å²) >= 11 is 9.79. The van der Waals surface area contributed by atoms with Crippen LogP contribution in [-0.2, 0) is 17.9 Å². The van der Waals surface area contributed by atoms with E-state index < -0.39 is 6.04 Å². The third-order valence-corrected chi connectivity index (χ3v) is 14.0. The fourth-order valence-corrected chi connectivity index (χ4v) is 10.5. The van der Waals surface area contributed by atoms with Gasteiger partial charge in [0.15, 0.2) is 5.82 Å². The highest BCUT2D eigenvalue weighted by Crippen LogP contribution is 2.40. The number of hydrogen-bond acceptors (Lipinski definition) is 7. The molecule has 8 rings (SSSR count). The summed E-state index contributed by atoms with van der Waals surface area (Å²) < 4.78 is 4.54. The molecule has 0 bridgehead atoms. The molecule has 11 heteroatoms. The maximum Gasteiger partial charge on any atom is 0.222 e. The second kappa shape index (κ2) is 17.7. The minimum absolute atomic E-state index is 0.0192. The summed E-state index contributed by atoms with van der Waals surface area (Å²) in [5, 5.41) is 22.4. The predicted molar refractivity (Wildman–Crippen MR) is 243 cm³/mol. The number of rotatable bonds is 16. The Kier molecular flexibility index (Phi) is 12.3. The van der Waals surface area contributed by atoms with Crippen molar-refractivity contribution in [2.24, 2.45) is 4.99 Å². The van der Waals surface area contributed by atoms with Crippen LogP contribution in [-0.4, -0.2) is 44.0 Å². The van der Waals surface area contributed by atoms with Gasteiger partial charge in [0.1, 0.15) is 16.9 Å². The lowest BCUT2D eigenvalue weighted by Gasteiger charge is -2.13. The van der Waals surface area contributed by atoms with Crippen LogP contribution in [0.4, 0.5) is 0 Å². The van der Waals surface area contributed by atoms with Crippen LogP contribution in [0.25, 0.3) is 37.2 Å². The minimum atomic E-state index is -0.458. The van der Waals surface area contributed by atoms with Crippen molar-refractivity contribution in [1.82, 2.24) is 30.0 Å². The van der Waals surface area contributed by atoms with Gasteiger partial charge in [-0.3, -0.25) is 14.4 Å². The highest BCUT2D eigenvalue weighted by molar-refractivity contribution is 7.15. The molecule has 1 atom stereocenters. The van der Waals surface area contributed by atoms with E-state index in [2.05, 4.69) is 106 Å². The molecule has 58 heavy (non-hydrogen) atoms. The molecule has 7 aromatic rings. The minimum Gasteiger partial charge on any atom is -0.356 e. The van der Waals surface area contributed by atoms with E-state index in [0.717, 1.165) is 66.6 Å². The molecular formula is C47H52ClN7OS2. The van der Waals surface area contributed by atoms with Crippen LogP contribution in [0.5, 0.6) is 0 Å². The van der Waals surface area contributed by atoms with Crippen LogP contribution < -0.4 is 10.6 Å². The number of halogens is 1. The van der Waals surface area contributed by atoms with E-state index in [0.29, 0.717) is 17.4 Å². The Morgan fingerprint density at radius 2 is 1.59 bits per heavy atom. The topological polar surface area (TPSA) is 89.1 Å². The summed E-state index contributed by atoms with van der Waals surface area (Å²) in [5.74, 6) is 1.47. The molecule has 1 aliphatic rings. The van der Waals surface area contributed by atoms with Gasteiger partial charge in [-0.15, -0.1) is 32.9 Å². The van der Waals surface area contributed by atoms with E-state index in [1.165, 1.54) is 73.1 Å². The molecule has 2 N–H and O–H groups in total. The SMILES string of the molecule is CCn1c2ccc(CNCCCCCCCCNC(=O)C[C@@H]3N=C(c4ccc(Cl)cc4)c4c(sc(C)c4C)-n4c(C)nnc43)cc2c2ccc(-c3cc(C)cs3)cc21. The average molecular weight is 831 g/mol. The summed E-state index contributed by atoms with van der Waals surface area (Å²) in [7, 11) is 0. The van der Waals surface area contributed by atoms with E-state index >= 15 is 0 Å². The molecule has 0 saturated heterocycles. The molecule has 0 unspecified atom stereocenters. The van der Waals surface area contributed by atoms with E-state index in [4.69, 9.17) is 16.6 Å². The molecule has 300 valence electrons. The van der Waals surface area contributed by atoms with Gasteiger partial charge in [0.2, 0.25) is 5.91 Å². The average Bonchev–Trinajstić information content (AvgIpc) is 3.96. The Labute approximate surface area is 354 Å². The molecule has 4 aromatic heterocycles. The van der Waals surface area contributed by atoms with Crippen LogP contribution in [0.1, 0.15) is 102 Å². The molecule has 8 nitrogen and oxygen atoms in total. The highest BCUT2D eigenvalue weighted by Gasteiger charge is 2.32. The van der Waals surface area contributed by atoms with Crippen molar-refractivity contribution in [3.05, 3.63) is 121 Å². The number of aryl methyl sites for hydroxylation is 4. The number of amides is 1. The van der Waals surface area contributed by atoms with Gasteiger partial charge in [-0.25, -0.2) is 0 Å². The van der Waals surface area contributed by atoms with Crippen molar-refractivity contribution >= 4 is 67.7 Å². The number of nitrogens with zero attached hydrogens (tertiary/aromatic N) is 5. The number of thiophene rings is 2. The molecule has 0 fully saturated rings. The third kappa shape index (κ3) is 8.30. The smallest absolute Gasteiger partial charge is 0.222 e. The fourth-order valence-electron chi connectivity index (χ4n) is 8.26. The number of aliphatic imine (C=N–C) groups is 1. The maximum atomic E-state index is 13.3. The normalized spacial score (nSPS) is 13.8. The van der Waals surface area contributed by atoms with Gasteiger partial charge >= 0.3 is 0 Å². The largest absolute Gasteiger partial charge is 0.356 e. The number of unbranched alkanes of at least 4 members (excludes halogenated alkanes) is 5. The molecule has 1 aliphatic heterocycles. The van der Waals surface area contributed by atoms with Crippen LogP contribution in [0, 0.1) is 27.7 Å². The molecular weight excluding hydrogens is 778 g/mol. The zero-order chi connectivity index (χ0) is 40.3. The zero-order valence-electron chi connectivity index (χ0n) is 34.1. The summed E-state index contributed by atoms with van der Waals surface area (Å²) in [5.41, 5.74) is 10.6. The van der Waals surface area contributed by atoms with Crippen LogP contribution in [0.3, 0.4) is 0 Å². The lowest BCUT2D eigenvalue weighted by atomic mass is 9.99. The van der Waals surface area contributed by atoms with Gasteiger partial charge in [-0.05, 0) is 118 Å². The van der Waals surface area contributed by atoms with E-state index in [1.807, 2.05) is 42.5 Å². The van der Waals surface area contributed by atoms with Crippen molar-refractivity contribution in [2.75, 3.05) is 13.1 Å². The number of fused-ring (bicyclic) bond motifs is 6. The van der Waals surface area contributed by atoms with Gasteiger partial charge in [0.25, 0.3) is 0 Å². The number of nitrogens with one attached hydrogen (secondary N) is 2. The zero-order valence-corrected chi connectivity index (χ0v) is 36.5. The van der Waals surface area contributed by atoms with E-state index in [9.17, 15) is 4.79 Å². The quantitative estimate of drug-likeness (QED) is 0.0950. The number of carbonyl (C=O) groups is 1. The summed E-state index contributed by atoms with van der Waals surface area (Å²) in [6, 6.07) is 23.5. The molecule has 5 heterocycles. The Morgan fingerprint density at radius 1 is 0.828 bits per heavy atom. The number of hydrogen-bond donors (Lipinski definition) is 2.